The van der Waals surface area contributed by atoms with Crippen molar-refractivity contribution in [1.82, 2.24) is 24.8 Å². The van der Waals surface area contributed by atoms with Gasteiger partial charge in [-0.15, -0.1) is 13.2 Å². The Labute approximate surface area is 239 Å². The van der Waals surface area contributed by atoms with E-state index in [1.165, 1.54) is 24.5 Å². The van der Waals surface area contributed by atoms with E-state index in [9.17, 15) is 18.0 Å². The van der Waals surface area contributed by atoms with Gasteiger partial charge in [-0.05, 0) is 56.1 Å². The molecule has 41 heavy (non-hydrogen) atoms. The van der Waals surface area contributed by atoms with E-state index in [2.05, 4.69) is 25.3 Å². The number of hydrogen-bond acceptors (Lipinski definition) is 7. The van der Waals surface area contributed by atoms with Crippen molar-refractivity contribution < 1.29 is 27.4 Å². The third kappa shape index (κ3) is 8.43. The van der Waals surface area contributed by atoms with Crippen LogP contribution in [0.1, 0.15) is 11.3 Å². The summed E-state index contributed by atoms with van der Waals surface area (Å²) in [6.07, 6.45) is 0.00606. The summed E-state index contributed by atoms with van der Waals surface area (Å²) in [5.41, 5.74) is 3.18. The van der Waals surface area contributed by atoms with Crippen molar-refractivity contribution in [2.45, 2.75) is 19.5 Å². The third-order valence-corrected chi connectivity index (χ3v) is 6.12. The van der Waals surface area contributed by atoms with Gasteiger partial charge in [-0.3, -0.25) is 9.53 Å². The van der Waals surface area contributed by atoms with E-state index in [0.29, 0.717) is 47.2 Å². The Bertz CT molecular complexity index is 1560. The lowest BCUT2D eigenvalue weighted by molar-refractivity contribution is -0.330. The van der Waals surface area contributed by atoms with E-state index >= 15 is 0 Å². The molecule has 0 fully saturated rings. The average molecular weight is 589 g/mol. The lowest BCUT2D eigenvalue weighted by Crippen LogP contribution is -2.22. The van der Waals surface area contributed by atoms with E-state index < -0.39 is 13.0 Å². The highest BCUT2D eigenvalue weighted by Gasteiger charge is 2.29. The van der Waals surface area contributed by atoms with Crippen LogP contribution in [0.15, 0.2) is 67.0 Å². The monoisotopic (exact) mass is 588 g/mol. The number of likely N-dealkylation sites (N-methyl/N-ethyl adjacent to an activating group) is 1. The number of hydrogen-bond donors (Lipinski definition) is 2. The first-order valence-electron chi connectivity index (χ1n) is 12.4. The maximum atomic E-state index is 12.4. The minimum Gasteiger partial charge on any atom is -0.456 e. The minimum atomic E-state index is -4.72. The second-order valence-corrected chi connectivity index (χ2v) is 9.69. The zero-order valence-corrected chi connectivity index (χ0v) is 23.3. The highest BCUT2D eigenvalue weighted by Crippen LogP contribution is 2.34. The Hall–Kier alpha value is -4.13. The quantitative estimate of drug-likeness (QED) is 0.210. The maximum Gasteiger partial charge on any atom is 0.522 e. The Morgan fingerprint density at radius 3 is 2.68 bits per heavy atom. The summed E-state index contributed by atoms with van der Waals surface area (Å²) in [7, 11) is 5.70. The molecule has 1 amide bonds. The summed E-state index contributed by atoms with van der Waals surface area (Å²) in [6, 6.07) is 13.0. The van der Waals surface area contributed by atoms with Crippen LogP contribution in [-0.2, 0) is 29.7 Å². The average Bonchev–Trinajstić information content (AvgIpc) is 3.23. The van der Waals surface area contributed by atoms with E-state index in [-0.39, 0.29) is 10.9 Å². The number of ether oxygens (including phenoxy) is 2. The predicted octanol–water partition coefficient (Wildman–Crippen LogP) is 5.93. The SMILES string of the molecule is CN(C)C/C=C/C(=O)NCc1cc2ncnc(Nc3ccc(Oc4cccc(COC(F)(F)F)c4)c(Cl)c3)c2n1C. The highest BCUT2D eigenvalue weighted by molar-refractivity contribution is 6.32. The first-order valence-corrected chi connectivity index (χ1v) is 12.8. The molecule has 2 heterocycles. The van der Waals surface area contributed by atoms with Crippen LogP contribution in [0, 0.1) is 0 Å². The molecule has 2 N–H and O–H groups in total. The number of carbonyl (C=O) groups excluding carboxylic acids is 1. The van der Waals surface area contributed by atoms with Gasteiger partial charge in [0, 0.05) is 31.0 Å². The Kier molecular flexibility index (Phi) is 9.48. The molecule has 0 unspecified atom stereocenters. The van der Waals surface area contributed by atoms with Crippen molar-refractivity contribution in [3.63, 3.8) is 0 Å². The lowest BCUT2D eigenvalue weighted by Gasteiger charge is -2.13. The molecule has 0 radical (unpaired) electrons. The third-order valence-electron chi connectivity index (χ3n) is 5.83. The van der Waals surface area contributed by atoms with Crippen LogP contribution in [0.3, 0.4) is 0 Å². The molecule has 9 nitrogen and oxygen atoms in total. The number of halogens is 4. The lowest BCUT2D eigenvalue weighted by atomic mass is 10.2. The van der Waals surface area contributed by atoms with Crippen LogP contribution in [0.25, 0.3) is 11.0 Å². The van der Waals surface area contributed by atoms with E-state index in [4.69, 9.17) is 16.3 Å². The molecule has 13 heteroatoms. The molecule has 0 bridgehead atoms. The van der Waals surface area contributed by atoms with Gasteiger partial charge in [0.1, 0.15) is 23.3 Å². The number of aromatic nitrogens is 3. The predicted molar refractivity (Wildman–Crippen MR) is 150 cm³/mol. The fourth-order valence-corrected chi connectivity index (χ4v) is 4.10. The zero-order chi connectivity index (χ0) is 29.6. The van der Waals surface area contributed by atoms with Crippen molar-refractivity contribution in [3.8, 4) is 11.5 Å². The van der Waals surface area contributed by atoms with Crippen LogP contribution >= 0.6 is 11.6 Å². The van der Waals surface area contributed by atoms with Crippen molar-refractivity contribution in [3.05, 3.63) is 83.3 Å². The normalized spacial score (nSPS) is 11.9. The molecule has 0 aliphatic rings. The summed E-state index contributed by atoms with van der Waals surface area (Å²) in [5, 5.41) is 6.38. The number of amides is 1. The number of nitrogens with zero attached hydrogens (tertiary/aromatic N) is 4. The van der Waals surface area contributed by atoms with Gasteiger partial charge < -0.3 is 24.8 Å². The first-order chi connectivity index (χ1) is 19.5. The van der Waals surface area contributed by atoms with Gasteiger partial charge in [0.25, 0.3) is 0 Å². The number of rotatable bonds is 11. The molecule has 216 valence electrons. The van der Waals surface area contributed by atoms with Gasteiger partial charge in [0.2, 0.25) is 5.91 Å². The van der Waals surface area contributed by atoms with Crippen LogP contribution in [0.2, 0.25) is 5.02 Å². The molecular weight excluding hydrogens is 561 g/mol. The molecule has 4 aromatic rings. The molecule has 0 spiro atoms. The number of carbonyl (C=O) groups is 1. The fourth-order valence-electron chi connectivity index (χ4n) is 3.88. The summed E-state index contributed by atoms with van der Waals surface area (Å²) in [4.78, 5) is 22.8. The maximum absolute atomic E-state index is 12.4. The number of nitrogens with one attached hydrogen (secondary N) is 2. The molecule has 2 aromatic carbocycles. The first kappa shape index (κ1) is 29.8. The molecule has 0 saturated carbocycles. The van der Waals surface area contributed by atoms with Gasteiger partial charge in [0.05, 0.1) is 23.7 Å². The van der Waals surface area contributed by atoms with Crippen molar-refractivity contribution in [2.24, 2.45) is 7.05 Å². The summed E-state index contributed by atoms with van der Waals surface area (Å²) < 4.78 is 48.7. The van der Waals surface area contributed by atoms with Gasteiger partial charge in [-0.2, -0.15) is 0 Å². The molecule has 0 aliphatic heterocycles. The summed E-state index contributed by atoms with van der Waals surface area (Å²) in [6.45, 7) is 0.335. The standard InChI is InChI=1S/C28H28ClF3N6O3/c1-37(2)11-5-8-25(39)33-15-20-14-23-26(38(20)3)27(35-17-34-23)36-19-9-10-24(22(29)13-19)41-21-7-4-6-18(12-21)16-40-28(30,31)32/h4-10,12-14,17H,11,15-16H2,1-3H3,(H,33,39)(H,34,35,36)/b8-5+. The van der Waals surface area contributed by atoms with Crippen LogP contribution < -0.4 is 15.4 Å². The number of aryl methyl sites for hydroxylation is 1. The molecule has 0 aliphatic carbocycles. The van der Waals surface area contributed by atoms with Gasteiger partial charge in [-0.1, -0.05) is 29.8 Å². The molecule has 0 saturated heterocycles. The van der Waals surface area contributed by atoms with Gasteiger partial charge in [-0.25, -0.2) is 9.97 Å². The Morgan fingerprint density at radius 2 is 1.95 bits per heavy atom. The number of alkyl halides is 3. The molecule has 4 rings (SSSR count). The van der Waals surface area contributed by atoms with Gasteiger partial charge >= 0.3 is 6.36 Å². The second kappa shape index (κ2) is 13.0. The zero-order valence-electron chi connectivity index (χ0n) is 22.5. The number of fused-ring (bicyclic) bond motifs is 1. The smallest absolute Gasteiger partial charge is 0.456 e. The van der Waals surface area contributed by atoms with Crippen molar-refractivity contribution >= 4 is 40.0 Å². The largest absolute Gasteiger partial charge is 0.522 e. The van der Waals surface area contributed by atoms with Crippen LogP contribution in [0.5, 0.6) is 11.5 Å². The summed E-state index contributed by atoms with van der Waals surface area (Å²) >= 11 is 6.46. The fraction of sp³-hybridized carbons (Fsp3) is 0.250. The molecule has 2 aromatic heterocycles. The molecule has 0 atom stereocenters. The number of anilines is 2. The number of benzene rings is 2. The Balaban J connectivity index is 1.45. The van der Waals surface area contributed by atoms with Crippen molar-refractivity contribution in [2.75, 3.05) is 26.0 Å². The molecular formula is C28H28ClF3N6O3. The highest BCUT2D eigenvalue weighted by atomic mass is 35.5. The summed E-state index contributed by atoms with van der Waals surface area (Å²) in [5.74, 6) is 0.961. The van der Waals surface area contributed by atoms with E-state index in [1.807, 2.05) is 36.7 Å². The van der Waals surface area contributed by atoms with E-state index in [0.717, 1.165) is 11.2 Å². The topological polar surface area (TPSA) is 93.5 Å². The van der Waals surface area contributed by atoms with Gasteiger partial charge in [0.15, 0.2) is 5.82 Å². The Morgan fingerprint density at radius 1 is 1.15 bits per heavy atom. The van der Waals surface area contributed by atoms with Crippen LogP contribution in [0.4, 0.5) is 24.7 Å². The van der Waals surface area contributed by atoms with Crippen molar-refractivity contribution in [1.29, 1.82) is 0 Å². The minimum absolute atomic E-state index is 0.195. The van der Waals surface area contributed by atoms with Crippen LogP contribution in [-0.4, -0.2) is 52.3 Å². The second-order valence-electron chi connectivity index (χ2n) is 9.29. The van der Waals surface area contributed by atoms with E-state index in [1.54, 1.807) is 36.4 Å².